The zero-order valence-corrected chi connectivity index (χ0v) is 15.3. The van der Waals surface area contributed by atoms with Gasteiger partial charge < -0.3 is 15.5 Å². The topological polar surface area (TPSA) is 56.7 Å². The molecule has 1 amide bonds. The summed E-state index contributed by atoms with van der Waals surface area (Å²) in [5.74, 6) is 0.692. The SMILES string of the molecule is CCCNC(=NCC(=O)N(C)C)NCC(C)Sc1ccccc1. The van der Waals surface area contributed by atoms with Crippen LogP contribution in [-0.4, -0.2) is 55.7 Å². The third kappa shape index (κ3) is 8.50. The van der Waals surface area contributed by atoms with Gasteiger partial charge in [0.2, 0.25) is 5.91 Å². The molecule has 0 fully saturated rings. The Morgan fingerprint density at radius 2 is 1.96 bits per heavy atom. The van der Waals surface area contributed by atoms with Crippen molar-refractivity contribution >= 4 is 23.6 Å². The van der Waals surface area contributed by atoms with Crippen molar-refractivity contribution in [3.8, 4) is 0 Å². The summed E-state index contributed by atoms with van der Waals surface area (Å²) in [5.41, 5.74) is 0. The van der Waals surface area contributed by atoms with Crippen molar-refractivity contribution in [3.63, 3.8) is 0 Å². The number of rotatable bonds is 8. The number of thioether (sulfide) groups is 1. The molecule has 1 atom stereocenters. The fourth-order valence-electron chi connectivity index (χ4n) is 1.72. The van der Waals surface area contributed by atoms with E-state index in [0.717, 1.165) is 19.5 Å². The first-order valence-corrected chi connectivity index (χ1v) is 8.85. The minimum Gasteiger partial charge on any atom is -0.356 e. The van der Waals surface area contributed by atoms with Crippen molar-refractivity contribution in [3.05, 3.63) is 30.3 Å². The fraction of sp³-hybridized carbons (Fsp3) is 0.529. The minimum atomic E-state index is -0.00527. The van der Waals surface area contributed by atoms with Gasteiger partial charge in [0.25, 0.3) is 0 Å². The van der Waals surface area contributed by atoms with Gasteiger partial charge in [-0.25, -0.2) is 4.99 Å². The molecule has 1 aromatic rings. The highest BCUT2D eigenvalue weighted by atomic mass is 32.2. The summed E-state index contributed by atoms with van der Waals surface area (Å²) in [6.07, 6.45) is 1.01. The van der Waals surface area contributed by atoms with Crippen LogP contribution in [0.2, 0.25) is 0 Å². The molecule has 0 saturated heterocycles. The first-order chi connectivity index (χ1) is 11.0. The predicted molar refractivity (Wildman–Crippen MR) is 99.1 cm³/mol. The van der Waals surface area contributed by atoms with Gasteiger partial charge in [0, 0.05) is 37.3 Å². The largest absolute Gasteiger partial charge is 0.356 e. The summed E-state index contributed by atoms with van der Waals surface area (Å²) < 4.78 is 0. The van der Waals surface area contributed by atoms with Crippen LogP contribution >= 0.6 is 11.8 Å². The van der Waals surface area contributed by atoms with Crippen LogP contribution < -0.4 is 10.6 Å². The van der Waals surface area contributed by atoms with Gasteiger partial charge in [0.1, 0.15) is 6.54 Å². The third-order valence-corrected chi connectivity index (χ3v) is 4.16. The smallest absolute Gasteiger partial charge is 0.243 e. The predicted octanol–water partition coefficient (Wildman–Crippen LogP) is 2.20. The van der Waals surface area contributed by atoms with Crippen LogP contribution in [-0.2, 0) is 4.79 Å². The van der Waals surface area contributed by atoms with Crippen LogP contribution in [0.1, 0.15) is 20.3 Å². The number of nitrogens with zero attached hydrogens (tertiary/aromatic N) is 2. The second-order valence-electron chi connectivity index (χ2n) is 5.50. The number of guanidine groups is 1. The number of carbonyl (C=O) groups excluding carboxylic acids is 1. The Morgan fingerprint density at radius 1 is 1.26 bits per heavy atom. The van der Waals surface area contributed by atoms with Crippen LogP contribution in [0.3, 0.4) is 0 Å². The molecule has 6 heteroatoms. The lowest BCUT2D eigenvalue weighted by atomic mass is 10.4. The molecule has 0 aliphatic heterocycles. The lowest BCUT2D eigenvalue weighted by Gasteiger charge is -2.16. The van der Waals surface area contributed by atoms with Crippen LogP contribution in [0, 0.1) is 0 Å². The Kier molecular flexibility index (Phi) is 9.21. The van der Waals surface area contributed by atoms with E-state index in [2.05, 4.69) is 41.6 Å². The normalized spacial score (nSPS) is 12.6. The number of hydrogen-bond acceptors (Lipinski definition) is 3. The molecule has 0 aromatic heterocycles. The van der Waals surface area contributed by atoms with Crippen molar-refractivity contribution in [2.75, 3.05) is 33.7 Å². The fourth-order valence-corrected chi connectivity index (χ4v) is 2.66. The van der Waals surface area contributed by atoms with Crippen LogP contribution in [0.5, 0.6) is 0 Å². The molecule has 1 aromatic carbocycles. The molecule has 1 unspecified atom stereocenters. The van der Waals surface area contributed by atoms with E-state index in [0.29, 0.717) is 11.2 Å². The number of amides is 1. The van der Waals surface area contributed by atoms with Crippen molar-refractivity contribution in [1.82, 2.24) is 15.5 Å². The standard InChI is InChI=1S/C17H28N4OS/c1-5-11-18-17(20-13-16(22)21(3)4)19-12-14(2)23-15-9-7-6-8-10-15/h6-10,14H,5,11-13H2,1-4H3,(H2,18,19,20). The molecule has 0 heterocycles. The highest BCUT2D eigenvalue weighted by molar-refractivity contribution is 8.00. The van der Waals surface area contributed by atoms with Crippen molar-refractivity contribution in [2.45, 2.75) is 30.4 Å². The van der Waals surface area contributed by atoms with E-state index in [1.165, 1.54) is 4.90 Å². The lowest BCUT2D eigenvalue weighted by Crippen LogP contribution is -2.41. The van der Waals surface area contributed by atoms with E-state index in [9.17, 15) is 4.79 Å². The molecule has 2 N–H and O–H groups in total. The number of carbonyl (C=O) groups is 1. The van der Waals surface area contributed by atoms with E-state index in [4.69, 9.17) is 0 Å². The molecule has 0 bridgehead atoms. The molecular weight excluding hydrogens is 308 g/mol. The van der Waals surface area contributed by atoms with Gasteiger partial charge in [-0.15, -0.1) is 11.8 Å². The summed E-state index contributed by atoms with van der Waals surface area (Å²) in [6, 6.07) is 10.3. The molecule has 1 rings (SSSR count). The van der Waals surface area contributed by atoms with E-state index < -0.39 is 0 Å². The summed E-state index contributed by atoms with van der Waals surface area (Å²) in [5, 5.41) is 6.96. The maximum atomic E-state index is 11.7. The van der Waals surface area contributed by atoms with Gasteiger partial charge >= 0.3 is 0 Å². The quantitative estimate of drug-likeness (QED) is 0.434. The summed E-state index contributed by atoms with van der Waals surface area (Å²) in [4.78, 5) is 18.8. The number of likely N-dealkylation sites (N-methyl/N-ethyl adjacent to an activating group) is 1. The molecule has 5 nitrogen and oxygen atoms in total. The van der Waals surface area contributed by atoms with Crippen LogP contribution in [0.15, 0.2) is 40.2 Å². The van der Waals surface area contributed by atoms with E-state index in [-0.39, 0.29) is 12.5 Å². The average Bonchev–Trinajstić information content (AvgIpc) is 2.54. The monoisotopic (exact) mass is 336 g/mol. The Hall–Kier alpha value is -1.69. The molecule has 0 aliphatic carbocycles. The Morgan fingerprint density at radius 3 is 2.57 bits per heavy atom. The molecular formula is C17H28N4OS. The molecule has 128 valence electrons. The lowest BCUT2D eigenvalue weighted by molar-refractivity contribution is -0.127. The number of hydrogen-bond donors (Lipinski definition) is 2. The molecule has 23 heavy (non-hydrogen) atoms. The molecule has 0 saturated carbocycles. The second kappa shape index (κ2) is 10.9. The van der Waals surface area contributed by atoms with Gasteiger partial charge in [0.15, 0.2) is 5.96 Å². The number of aliphatic imine (C=N–C) groups is 1. The summed E-state index contributed by atoms with van der Waals surface area (Å²) >= 11 is 1.82. The number of nitrogens with one attached hydrogen (secondary N) is 2. The van der Waals surface area contributed by atoms with E-state index in [1.807, 2.05) is 30.0 Å². The van der Waals surface area contributed by atoms with Crippen molar-refractivity contribution in [2.24, 2.45) is 4.99 Å². The van der Waals surface area contributed by atoms with Crippen molar-refractivity contribution < 1.29 is 4.79 Å². The van der Waals surface area contributed by atoms with E-state index in [1.54, 1.807) is 19.0 Å². The van der Waals surface area contributed by atoms with Gasteiger partial charge in [-0.2, -0.15) is 0 Å². The third-order valence-electron chi connectivity index (χ3n) is 3.05. The highest BCUT2D eigenvalue weighted by Gasteiger charge is 2.07. The zero-order chi connectivity index (χ0) is 17.1. The Labute approximate surface area is 143 Å². The molecule has 0 spiro atoms. The van der Waals surface area contributed by atoms with Gasteiger partial charge in [-0.3, -0.25) is 4.79 Å². The second-order valence-corrected chi connectivity index (χ2v) is 7.01. The van der Waals surface area contributed by atoms with Crippen LogP contribution in [0.4, 0.5) is 0 Å². The van der Waals surface area contributed by atoms with Gasteiger partial charge in [-0.1, -0.05) is 32.0 Å². The molecule has 0 radical (unpaired) electrons. The zero-order valence-electron chi connectivity index (χ0n) is 14.5. The maximum Gasteiger partial charge on any atom is 0.243 e. The maximum absolute atomic E-state index is 11.7. The van der Waals surface area contributed by atoms with Gasteiger partial charge in [-0.05, 0) is 18.6 Å². The van der Waals surface area contributed by atoms with Crippen molar-refractivity contribution in [1.29, 1.82) is 0 Å². The minimum absolute atomic E-state index is 0.00527. The summed E-state index contributed by atoms with van der Waals surface area (Å²) in [7, 11) is 3.48. The Bertz CT molecular complexity index is 491. The molecule has 0 aliphatic rings. The van der Waals surface area contributed by atoms with Gasteiger partial charge in [0.05, 0.1) is 0 Å². The first-order valence-electron chi connectivity index (χ1n) is 7.97. The summed E-state index contributed by atoms with van der Waals surface area (Å²) in [6.45, 7) is 6.05. The first kappa shape index (κ1) is 19.4. The van der Waals surface area contributed by atoms with Crippen LogP contribution in [0.25, 0.3) is 0 Å². The van der Waals surface area contributed by atoms with E-state index >= 15 is 0 Å². The Balaban J connectivity index is 2.49. The highest BCUT2D eigenvalue weighted by Crippen LogP contribution is 2.21. The average molecular weight is 337 g/mol. The number of benzene rings is 1.